The number of carbonyl (C=O) groups excluding carboxylic acids is 1. The summed E-state index contributed by atoms with van der Waals surface area (Å²) in [6, 6.07) is 0. The van der Waals surface area contributed by atoms with E-state index in [-0.39, 0.29) is 5.91 Å². The third-order valence-electron chi connectivity index (χ3n) is 4.30. The Morgan fingerprint density at radius 3 is 2.96 bits per heavy atom. The average molecular weight is 367 g/mol. The van der Waals surface area contributed by atoms with Crippen LogP contribution in [-0.2, 0) is 35.8 Å². The van der Waals surface area contributed by atoms with E-state index in [2.05, 4.69) is 19.9 Å². The van der Waals surface area contributed by atoms with Crippen LogP contribution in [0.3, 0.4) is 0 Å². The number of thiazole rings is 1. The number of aryl methyl sites for hydroxylation is 1. The number of aromatic nitrogens is 3. The number of amides is 1. The fraction of sp³-hybridized carbons (Fsp3) is 0.500. The Bertz CT molecular complexity index is 915. The van der Waals surface area contributed by atoms with Crippen LogP contribution in [0.15, 0.2) is 0 Å². The predicted molar refractivity (Wildman–Crippen MR) is 89.6 cm³/mol. The van der Waals surface area contributed by atoms with Crippen LogP contribution in [0.5, 0.6) is 0 Å². The summed E-state index contributed by atoms with van der Waals surface area (Å²) in [7, 11) is -3.35. The summed E-state index contributed by atoms with van der Waals surface area (Å²) in [5, 5.41) is 7.53. The number of nitrogens with zero attached hydrogens (tertiary/aromatic N) is 3. The first-order valence-corrected chi connectivity index (χ1v) is 10.4. The second-order valence-corrected chi connectivity index (χ2v) is 8.95. The highest BCUT2D eigenvalue weighted by Gasteiger charge is 2.30. The van der Waals surface area contributed by atoms with Crippen LogP contribution >= 0.6 is 11.3 Å². The zero-order valence-electron chi connectivity index (χ0n) is 13.1. The molecule has 2 aliphatic rings. The first-order chi connectivity index (χ1) is 11.4. The molecule has 3 heterocycles. The van der Waals surface area contributed by atoms with Gasteiger partial charge in [-0.1, -0.05) is 11.3 Å². The molecule has 0 aromatic carbocycles. The van der Waals surface area contributed by atoms with E-state index in [1.807, 2.05) is 0 Å². The van der Waals surface area contributed by atoms with Gasteiger partial charge in [-0.15, -0.1) is 0 Å². The van der Waals surface area contributed by atoms with Crippen LogP contribution in [0, 0.1) is 0 Å². The van der Waals surface area contributed by atoms with Crippen LogP contribution in [-0.4, -0.2) is 47.2 Å². The lowest BCUT2D eigenvalue weighted by Crippen LogP contribution is -2.36. The fourth-order valence-electron chi connectivity index (χ4n) is 3.22. The number of fused-ring (bicyclic) bond motifs is 2. The van der Waals surface area contributed by atoms with Crippen LogP contribution in [0.4, 0.5) is 5.13 Å². The number of hydrogen-bond donors (Lipinski definition) is 2. The average Bonchev–Trinajstić information content (AvgIpc) is 3.18. The molecule has 1 amide bonds. The summed E-state index contributed by atoms with van der Waals surface area (Å²) < 4.78 is 25.1. The molecule has 128 valence electrons. The molecule has 10 heteroatoms. The van der Waals surface area contributed by atoms with E-state index < -0.39 is 10.0 Å². The van der Waals surface area contributed by atoms with Gasteiger partial charge in [0.25, 0.3) is 5.91 Å². The quantitative estimate of drug-likeness (QED) is 0.839. The topological polar surface area (TPSA) is 108 Å². The molecular formula is C14H17N5O3S2. The van der Waals surface area contributed by atoms with E-state index in [0.717, 1.165) is 47.3 Å². The van der Waals surface area contributed by atoms with E-state index in [9.17, 15) is 13.2 Å². The van der Waals surface area contributed by atoms with Crippen molar-refractivity contribution < 1.29 is 13.2 Å². The van der Waals surface area contributed by atoms with Gasteiger partial charge in [-0.3, -0.25) is 14.6 Å². The van der Waals surface area contributed by atoms with Crippen molar-refractivity contribution in [1.82, 2.24) is 20.1 Å². The molecule has 24 heavy (non-hydrogen) atoms. The highest BCUT2D eigenvalue weighted by molar-refractivity contribution is 7.92. The highest BCUT2D eigenvalue weighted by Crippen LogP contribution is 2.30. The van der Waals surface area contributed by atoms with E-state index in [1.54, 1.807) is 4.90 Å². The molecule has 0 unspecified atom stereocenters. The number of nitrogens with one attached hydrogen (secondary N) is 2. The summed E-state index contributed by atoms with van der Waals surface area (Å²) in [6.45, 7) is 1.01. The number of rotatable bonds is 3. The van der Waals surface area contributed by atoms with Gasteiger partial charge in [0.05, 0.1) is 18.5 Å². The summed E-state index contributed by atoms with van der Waals surface area (Å²) in [5.74, 6) is -0.0638. The molecule has 1 aliphatic heterocycles. The second kappa shape index (κ2) is 5.55. The Morgan fingerprint density at radius 2 is 2.17 bits per heavy atom. The van der Waals surface area contributed by atoms with Gasteiger partial charge in [0.2, 0.25) is 10.0 Å². The van der Waals surface area contributed by atoms with Crippen molar-refractivity contribution in [3.8, 4) is 0 Å². The third-order valence-corrected chi connectivity index (χ3v) is 5.99. The van der Waals surface area contributed by atoms with Crippen LogP contribution in [0.2, 0.25) is 0 Å². The van der Waals surface area contributed by atoms with Crippen molar-refractivity contribution in [2.45, 2.75) is 32.2 Å². The van der Waals surface area contributed by atoms with Crippen molar-refractivity contribution in [2.75, 3.05) is 17.5 Å². The number of sulfonamides is 1. The molecule has 0 spiro atoms. The zero-order valence-corrected chi connectivity index (χ0v) is 14.8. The van der Waals surface area contributed by atoms with Gasteiger partial charge >= 0.3 is 0 Å². The maximum Gasteiger partial charge on any atom is 0.274 e. The van der Waals surface area contributed by atoms with Gasteiger partial charge in [0, 0.05) is 29.1 Å². The van der Waals surface area contributed by atoms with Gasteiger partial charge in [-0.05, 0) is 19.3 Å². The Labute approximate surface area is 143 Å². The number of anilines is 1. The van der Waals surface area contributed by atoms with Gasteiger partial charge in [0.15, 0.2) is 10.8 Å². The molecule has 1 aliphatic carbocycles. The molecule has 0 saturated heterocycles. The molecular weight excluding hydrogens is 350 g/mol. The Hall–Kier alpha value is -1.94. The summed E-state index contributed by atoms with van der Waals surface area (Å²) in [4.78, 5) is 19.8. The molecule has 0 bridgehead atoms. The molecule has 2 N–H and O–H groups in total. The van der Waals surface area contributed by atoms with Gasteiger partial charge in [-0.25, -0.2) is 13.4 Å². The first kappa shape index (κ1) is 15.6. The second-order valence-electron chi connectivity index (χ2n) is 6.12. The SMILES string of the molecule is CS(=O)(=O)Nc1nc2c(s1)CN(C(=O)c1n[nH]c3c1CCC3)CC2. The minimum atomic E-state index is -3.35. The van der Waals surface area contributed by atoms with Gasteiger partial charge in [0.1, 0.15) is 0 Å². The van der Waals surface area contributed by atoms with Crippen molar-refractivity contribution >= 4 is 32.4 Å². The lowest BCUT2D eigenvalue weighted by atomic mass is 10.1. The van der Waals surface area contributed by atoms with Crippen molar-refractivity contribution in [2.24, 2.45) is 0 Å². The third kappa shape index (κ3) is 2.80. The molecule has 2 aromatic rings. The maximum absolute atomic E-state index is 12.8. The number of hydrogen-bond acceptors (Lipinski definition) is 6. The largest absolute Gasteiger partial charge is 0.332 e. The zero-order chi connectivity index (χ0) is 16.9. The smallest absolute Gasteiger partial charge is 0.274 e. The van der Waals surface area contributed by atoms with E-state index in [0.29, 0.717) is 30.3 Å². The summed E-state index contributed by atoms with van der Waals surface area (Å²) >= 11 is 1.28. The standard InChI is InChI=1S/C14H17N5O3S2/c1-24(21,22)18-14-15-10-5-6-19(7-11(10)23-14)13(20)12-8-3-2-4-9(8)16-17-12/h2-7H2,1H3,(H,15,18)(H,16,17). The van der Waals surface area contributed by atoms with Crippen molar-refractivity contribution in [3.05, 3.63) is 27.5 Å². The Balaban J connectivity index is 1.54. The molecule has 0 saturated carbocycles. The Kier molecular flexibility index (Phi) is 3.61. The Morgan fingerprint density at radius 1 is 1.33 bits per heavy atom. The number of aromatic amines is 1. The molecule has 4 rings (SSSR count). The van der Waals surface area contributed by atoms with Gasteiger partial charge < -0.3 is 4.90 Å². The molecule has 0 atom stereocenters. The van der Waals surface area contributed by atoms with Crippen molar-refractivity contribution in [1.29, 1.82) is 0 Å². The number of carbonyl (C=O) groups is 1. The molecule has 8 nitrogen and oxygen atoms in total. The van der Waals surface area contributed by atoms with E-state index in [4.69, 9.17) is 0 Å². The van der Waals surface area contributed by atoms with E-state index in [1.165, 1.54) is 11.3 Å². The monoisotopic (exact) mass is 367 g/mol. The minimum Gasteiger partial charge on any atom is -0.332 e. The molecule has 0 radical (unpaired) electrons. The normalized spacial score (nSPS) is 16.8. The van der Waals surface area contributed by atoms with Gasteiger partial charge in [-0.2, -0.15) is 5.10 Å². The molecule has 0 fully saturated rings. The maximum atomic E-state index is 12.8. The van der Waals surface area contributed by atoms with Crippen LogP contribution in [0.25, 0.3) is 0 Å². The van der Waals surface area contributed by atoms with Crippen LogP contribution in [0.1, 0.15) is 38.7 Å². The van der Waals surface area contributed by atoms with E-state index >= 15 is 0 Å². The fourth-order valence-corrected chi connectivity index (χ4v) is 5.08. The first-order valence-electron chi connectivity index (χ1n) is 7.72. The summed E-state index contributed by atoms with van der Waals surface area (Å²) in [6.07, 6.45) is 4.63. The summed E-state index contributed by atoms with van der Waals surface area (Å²) in [5.41, 5.74) is 3.52. The van der Waals surface area contributed by atoms with Crippen molar-refractivity contribution in [3.63, 3.8) is 0 Å². The minimum absolute atomic E-state index is 0.0638. The van der Waals surface area contributed by atoms with Crippen LogP contribution < -0.4 is 4.72 Å². The molecule has 2 aromatic heterocycles. The lowest BCUT2D eigenvalue weighted by Gasteiger charge is -2.25. The predicted octanol–water partition coefficient (Wildman–Crippen LogP) is 0.925. The number of H-pyrrole nitrogens is 1. The highest BCUT2D eigenvalue weighted by atomic mass is 32.2. The lowest BCUT2D eigenvalue weighted by molar-refractivity contribution is 0.0729.